The standard InChI is InChI=1S/C21H17N3O5S2/c1-2-27-20(26)17-14(13-7-4-3-5-8-13)11-30-19(17)22-16(25)12-31-21-24-23-18(29-21)15-9-6-10-28-15/h3-11H,2,12H2,1H3,(H,22,25). The van der Waals surface area contributed by atoms with Gasteiger partial charge in [-0.3, -0.25) is 4.79 Å². The van der Waals surface area contributed by atoms with Gasteiger partial charge in [-0.1, -0.05) is 42.1 Å². The lowest BCUT2D eigenvalue weighted by Gasteiger charge is -2.08. The van der Waals surface area contributed by atoms with E-state index in [2.05, 4.69) is 15.5 Å². The van der Waals surface area contributed by atoms with Crippen molar-refractivity contribution in [3.63, 3.8) is 0 Å². The van der Waals surface area contributed by atoms with Crippen LogP contribution < -0.4 is 5.32 Å². The number of nitrogens with one attached hydrogen (secondary N) is 1. The maximum absolute atomic E-state index is 12.6. The molecule has 0 spiro atoms. The van der Waals surface area contributed by atoms with Gasteiger partial charge in [0.15, 0.2) is 5.76 Å². The van der Waals surface area contributed by atoms with E-state index in [-0.39, 0.29) is 29.4 Å². The topological polar surface area (TPSA) is 107 Å². The Labute approximate surface area is 185 Å². The van der Waals surface area contributed by atoms with Gasteiger partial charge >= 0.3 is 5.97 Å². The van der Waals surface area contributed by atoms with E-state index in [0.29, 0.717) is 21.9 Å². The molecule has 3 heterocycles. The number of benzene rings is 1. The van der Waals surface area contributed by atoms with E-state index >= 15 is 0 Å². The van der Waals surface area contributed by atoms with Crippen molar-refractivity contribution in [3.8, 4) is 22.8 Å². The highest BCUT2D eigenvalue weighted by Crippen LogP contribution is 2.36. The van der Waals surface area contributed by atoms with Gasteiger partial charge in [-0.15, -0.1) is 21.5 Å². The fourth-order valence-corrected chi connectivity index (χ4v) is 4.28. The zero-order chi connectivity index (χ0) is 21.6. The second-order valence-electron chi connectivity index (χ2n) is 6.13. The number of anilines is 1. The molecule has 10 heteroatoms. The molecule has 0 aliphatic rings. The average molecular weight is 456 g/mol. The Morgan fingerprint density at radius 1 is 1.16 bits per heavy atom. The number of hydrogen-bond donors (Lipinski definition) is 1. The number of carbonyl (C=O) groups is 2. The molecule has 3 aromatic heterocycles. The first kappa shape index (κ1) is 20.9. The van der Waals surface area contributed by atoms with E-state index in [9.17, 15) is 9.59 Å². The zero-order valence-electron chi connectivity index (χ0n) is 16.4. The Morgan fingerprint density at radius 3 is 2.74 bits per heavy atom. The minimum atomic E-state index is -0.481. The lowest BCUT2D eigenvalue weighted by atomic mass is 10.0. The Balaban J connectivity index is 1.46. The fraction of sp³-hybridized carbons (Fsp3) is 0.143. The molecular formula is C21H17N3O5S2. The SMILES string of the molecule is CCOC(=O)c1c(-c2ccccc2)csc1NC(=O)CSc1nnc(-c2ccco2)o1. The molecule has 0 fully saturated rings. The van der Waals surface area contributed by atoms with Gasteiger partial charge in [-0.2, -0.15) is 0 Å². The first-order valence-electron chi connectivity index (χ1n) is 9.29. The molecule has 158 valence electrons. The summed E-state index contributed by atoms with van der Waals surface area (Å²) >= 11 is 2.36. The van der Waals surface area contributed by atoms with Crippen molar-refractivity contribution in [2.45, 2.75) is 12.1 Å². The van der Waals surface area contributed by atoms with Gasteiger partial charge in [0.2, 0.25) is 5.91 Å². The highest BCUT2D eigenvalue weighted by molar-refractivity contribution is 7.99. The maximum atomic E-state index is 12.6. The summed E-state index contributed by atoms with van der Waals surface area (Å²) < 4.78 is 15.9. The minimum absolute atomic E-state index is 0.0284. The zero-order valence-corrected chi connectivity index (χ0v) is 18.0. The molecule has 0 saturated carbocycles. The van der Waals surface area contributed by atoms with E-state index in [4.69, 9.17) is 13.6 Å². The van der Waals surface area contributed by atoms with Gasteiger partial charge < -0.3 is 18.9 Å². The van der Waals surface area contributed by atoms with Crippen molar-refractivity contribution < 1.29 is 23.2 Å². The van der Waals surface area contributed by atoms with Crippen molar-refractivity contribution in [2.75, 3.05) is 17.7 Å². The van der Waals surface area contributed by atoms with Crippen LogP contribution >= 0.6 is 23.1 Å². The maximum Gasteiger partial charge on any atom is 0.341 e. The summed E-state index contributed by atoms with van der Waals surface area (Å²) in [4.78, 5) is 25.1. The number of ether oxygens (including phenoxy) is 1. The number of hydrogen-bond acceptors (Lipinski definition) is 9. The van der Waals surface area contributed by atoms with Crippen LogP contribution in [0.3, 0.4) is 0 Å². The van der Waals surface area contributed by atoms with E-state index in [1.165, 1.54) is 17.6 Å². The molecule has 4 aromatic rings. The second kappa shape index (κ2) is 9.63. The van der Waals surface area contributed by atoms with Crippen molar-refractivity contribution in [2.24, 2.45) is 0 Å². The molecule has 0 radical (unpaired) electrons. The van der Waals surface area contributed by atoms with Gasteiger partial charge in [-0.05, 0) is 24.6 Å². The van der Waals surface area contributed by atoms with E-state index in [1.54, 1.807) is 19.1 Å². The Kier molecular flexibility index (Phi) is 6.48. The minimum Gasteiger partial charge on any atom is -0.462 e. The van der Waals surface area contributed by atoms with Crippen LogP contribution in [0, 0.1) is 0 Å². The summed E-state index contributed by atoms with van der Waals surface area (Å²) in [7, 11) is 0. The summed E-state index contributed by atoms with van der Waals surface area (Å²) in [5.41, 5.74) is 1.93. The number of amides is 1. The molecule has 31 heavy (non-hydrogen) atoms. The summed E-state index contributed by atoms with van der Waals surface area (Å²) in [6, 6.07) is 12.9. The molecular weight excluding hydrogens is 438 g/mol. The van der Waals surface area contributed by atoms with Gasteiger partial charge in [0.25, 0.3) is 11.1 Å². The summed E-state index contributed by atoms with van der Waals surface area (Å²) in [6.45, 7) is 1.98. The highest BCUT2D eigenvalue weighted by Gasteiger charge is 2.23. The summed E-state index contributed by atoms with van der Waals surface area (Å²) in [5.74, 6) is -0.0702. The average Bonchev–Trinajstić information content (AvgIpc) is 3.53. The van der Waals surface area contributed by atoms with Gasteiger partial charge in [0.05, 0.1) is 18.6 Å². The molecule has 0 bridgehead atoms. The number of nitrogens with zero attached hydrogens (tertiary/aromatic N) is 2. The Hall–Kier alpha value is -3.37. The van der Waals surface area contributed by atoms with Crippen LogP contribution in [-0.4, -0.2) is 34.4 Å². The molecule has 0 unspecified atom stereocenters. The molecule has 0 saturated heterocycles. The summed E-state index contributed by atoms with van der Waals surface area (Å²) in [6.07, 6.45) is 1.51. The largest absolute Gasteiger partial charge is 0.462 e. The normalized spacial score (nSPS) is 10.7. The highest BCUT2D eigenvalue weighted by atomic mass is 32.2. The molecule has 4 rings (SSSR count). The number of aromatic nitrogens is 2. The lowest BCUT2D eigenvalue weighted by molar-refractivity contribution is -0.113. The molecule has 0 aliphatic carbocycles. The van der Waals surface area contributed by atoms with Crippen LogP contribution in [0.4, 0.5) is 5.00 Å². The van der Waals surface area contributed by atoms with E-state index in [0.717, 1.165) is 17.3 Å². The third-order valence-electron chi connectivity index (χ3n) is 4.07. The van der Waals surface area contributed by atoms with Gasteiger partial charge in [0, 0.05) is 10.9 Å². The number of furan rings is 1. The van der Waals surface area contributed by atoms with E-state index < -0.39 is 5.97 Å². The molecule has 1 aromatic carbocycles. The van der Waals surface area contributed by atoms with Crippen molar-refractivity contribution in [1.82, 2.24) is 10.2 Å². The lowest BCUT2D eigenvalue weighted by Crippen LogP contribution is -2.16. The van der Waals surface area contributed by atoms with Crippen molar-refractivity contribution >= 4 is 40.0 Å². The quantitative estimate of drug-likeness (QED) is 0.293. The molecule has 0 aliphatic heterocycles. The first-order chi connectivity index (χ1) is 15.2. The van der Waals surface area contributed by atoms with Crippen LogP contribution in [0.2, 0.25) is 0 Å². The summed E-state index contributed by atoms with van der Waals surface area (Å²) in [5, 5.41) is 13.1. The first-order valence-corrected chi connectivity index (χ1v) is 11.2. The molecule has 1 amide bonds. The number of esters is 1. The molecule has 1 N–H and O–H groups in total. The van der Waals surface area contributed by atoms with Crippen LogP contribution in [-0.2, 0) is 9.53 Å². The van der Waals surface area contributed by atoms with E-state index in [1.807, 2.05) is 35.7 Å². The Morgan fingerprint density at radius 2 is 2.00 bits per heavy atom. The van der Waals surface area contributed by atoms with Crippen LogP contribution in [0.25, 0.3) is 22.8 Å². The fourth-order valence-electron chi connectivity index (χ4n) is 2.74. The van der Waals surface area contributed by atoms with Gasteiger partial charge in [-0.25, -0.2) is 4.79 Å². The van der Waals surface area contributed by atoms with Crippen molar-refractivity contribution in [1.29, 1.82) is 0 Å². The number of thiophene rings is 1. The third kappa shape index (κ3) is 4.86. The smallest absolute Gasteiger partial charge is 0.341 e. The van der Waals surface area contributed by atoms with Gasteiger partial charge in [0.1, 0.15) is 10.6 Å². The van der Waals surface area contributed by atoms with Crippen LogP contribution in [0.1, 0.15) is 17.3 Å². The Bertz CT molecular complexity index is 1170. The third-order valence-corrected chi connectivity index (χ3v) is 5.79. The van der Waals surface area contributed by atoms with Crippen LogP contribution in [0.15, 0.2) is 68.2 Å². The molecule has 0 atom stereocenters. The predicted octanol–water partition coefficient (Wildman–Crippen LogP) is 4.97. The number of thioether (sulfide) groups is 1. The predicted molar refractivity (Wildman–Crippen MR) is 117 cm³/mol. The monoisotopic (exact) mass is 455 g/mol. The number of rotatable bonds is 8. The second-order valence-corrected chi connectivity index (χ2v) is 7.93. The van der Waals surface area contributed by atoms with Crippen LogP contribution in [0.5, 0.6) is 0 Å². The van der Waals surface area contributed by atoms with Crippen molar-refractivity contribution in [3.05, 3.63) is 59.7 Å². The number of carbonyl (C=O) groups excluding carboxylic acids is 2. The molecule has 8 nitrogen and oxygen atoms in total.